The van der Waals surface area contributed by atoms with Crippen LogP contribution in [0.4, 0.5) is 0 Å². The Hall–Kier alpha value is -3.33. The van der Waals surface area contributed by atoms with Crippen molar-refractivity contribution in [1.29, 1.82) is 0 Å². The van der Waals surface area contributed by atoms with E-state index >= 15 is 0 Å². The zero-order valence-corrected chi connectivity index (χ0v) is 19.7. The number of carbonyl (C=O) groups is 1. The Labute approximate surface area is 203 Å². The van der Waals surface area contributed by atoms with Gasteiger partial charge < -0.3 is 25.3 Å². The number of guanidine groups is 1. The van der Waals surface area contributed by atoms with E-state index in [9.17, 15) is 9.90 Å². The maximum atomic E-state index is 12.8. The molecule has 1 aromatic heterocycles. The predicted octanol–water partition coefficient (Wildman–Crippen LogP) is 3.05. The first-order valence-electron chi connectivity index (χ1n) is 11.0. The smallest absolute Gasteiger partial charge is 0.246 e. The summed E-state index contributed by atoms with van der Waals surface area (Å²) in [5.74, 6) is 0.248. The molecule has 0 saturated heterocycles. The Bertz CT molecular complexity index is 1130. The zero-order chi connectivity index (χ0) is 24.5. The van der Waals surface area contributed by atoms with Crippen LogP contribution in [0.3, 0.4) is 0 Å². The van der Waals surface area contributed by atoms with Crippen molar-refractivity contribution in [2.75, 3.05) is 19.8 Å². The standard InChI is InChI=1S/C25H29ClN4O4/c1-2-13-34-19-9-7-17(8-10-19)22-11-12-23(20-5-3-4-6-21(20)26)30(22)15-24(33)29-25(27)28-14-18(32)16-31/h3-12,18,31-32H,2,13-16H2,1H3,(H3,27,28,29,33). The van der Waals surface area contributed by atoms with Crippen molar-refractivity contribution in [2.24, 2.45) is 10.7 Å². The van der Waals surface area contributed by atoms with Crippen LogP contribution in [0.25, 0.3) is 22.5 Å². The molecule has 1 atom stereocenters. The number of hydrogen-bond donors (Lipinski definition) is 4. The minimum absolute atomic E-state index is 0.0459. The molecule has 0 aliphatic heterocycles. The average Bonchev–Trinajstić information content (AvgIpc) is 3.24. The average molecular weight is 485 g/mol. The van der Waals surface area contributed by atoms with Gasteiger partial charge in [-0.05, 0) is 54.4 Å². The van der Waals surface area contributed by atoms with Gasteiger partial charge in [-0.15, -0.1) is 0 Å². The molecule has 9 heteroatoms. The van der Waals surface area contributed by atoms with E-state index < -0.39 is 18.6 Å². The van der Waals surface area contributed by atoms with E-state index in [2.05, 4.69) is 17.2 Å². The van der Waals surface area contributed by atoms with Crippen LogP contribution in [-0.2, 0) is 11.3 Å². The van der Waals surface area contributed by atoms with Gasteiger partial charge in [0.1, 0.15) is 12.3 Å². The number of carbonyl (C=O) groups excluding carboxylic acids is 1. The summed E-state index contributed by atoms with van der Waals surface area (Å²) in [4.78, 5) is 16.7. The van der Waals surface area contributed by atoms with Crippen LogP contribution >= 0.6 is 11.6 Å². The second-order valence-corrected chi connectivity index (χ2v) is 8.06. The first-order chi connectivity index (χ1) is 16.4. The van der Waals surface area contributed by atoms with Gasteiger partial charge in [-0.1, -0.05) is 36.7 Å². The van der Waals surface area contributed by atoms with Gasteiger partial charge in [0.2, 0.25) is 5.91 Å². The van der Waals surface area contributed by atoms with Crippen molar-refractivity contribution in [3.63, 3.8) is 0 Å². The van der Waals surface area contributed by atoms with Crippen molar-refractivity contribution in [2.45, 2.75) is 26.0 Å². The summed E-state index contributed by atoms with van der Waals surface area (Å²) < 4.78 is 7.53. The molecule has 5 N–H and O–H groups in total. The maximum absolute atomic E-state index is 12.8. The zero-order valence-electron chi connectivity index (χ0n) is 18.9. The predicted molar refractivity (Wildman–Crippen MR) is 134 cm³/mol. The fourth-order valence-electron chi connectivity index (χ4n) is 3.36. The first-order valence-corrected chi connectivity index (χ1v) is 11.4. The summed E-state index contributed by atoms with van der Waals surface area (Å²) in [7, 11) is 0. The lowest BCUT2D eigenvalue weighted by Crippen LogP contribution is -2.39. The van der Waals surface area contributed by atoms with Crippen molar-refractivity contribution < 1.29 is 19.7 Å². The van der Waals surface area contributed by atoms with E-state index in [4.69, 9.17) is 27.2 Å². The van der Waals surface area contributed by atoms with Crippen molar-refractivity contribution in [3.05, 3.63) is 65.7 Å². The molecule has 3 aromatic rings. The molecule has 1 heterocycles. The van der Waals surface area contributed by atoms with E-state index in [1.807, 2.05) is 59.2 Å². The van der Waals surface area contributed by atoms with E-state index in [0.29, 0.717) is 11.6 Å². The summed E-state index contributed by atoms with van der Waals surface area (Å²) >= 11 is 6.45. The van der Waals surface area contributed by atoms with Gasteiger partial charge in [-0.25, -0.2) is 0 Å². The molecule has 0 spiro atoms. The van der Waals surface area contributed by atoms with Crippen molar-refractivity contribution in [1.82, 2.24) is 9.88 Å². The van der Waals surface area contributed by atoms with Gasteiger partial charge in [-0.2, -0.15) is 0 Å². The Morgan fingerprint density at radius 2 is 1.85 bits per heavy atom. The molecule has 0 radical (unpaired) electrons. The summed E-state index contributed by atoms with van der Waals surface area (Å²) in [5, 5.41) is 21.4. The molecule has 0 saturated carbocycles. The number of benzene rings is 2. The number of hydrogen-bond acceptors (Lipinski definition) is 5. The van der Waals surface area contributed by atoms with Gasteiger partial charge in [0.05, 0.1) is 31.6 Å². The number of halogens is 1. The van der Waals surface area contributed by atoms with Crippen LogP contribution in [0.15, 0.2) is 65.7 Å². The Morgan fingerprint density at radius 3 is 2.53 bits per heavy atom. The molecule has 3 rings (SSSR count). The Morgan fingerprint density at radius 1 is 1.15 bits per heavy atom. The second kappa shape index (κ2) is 12.2. The number of aliphatic imine (C=N–C) groups is 1. The monoisotopic (exact) mass is 484 g/mol. The third kappa shape index (κ3) is 6.60. The van der Waals surface area contributed by atoms with Gasteiger partial charge in [0.15, 0.2) is 5.96 Å². The number of aliphatic hydroxyl groups excluding tert-OH is 2. The van der Waals surface area contributed by atoms with Crippen LogP contribution in [0.1, 0.15) is 13.3 Å². The van der Waals surface area contributed by atoms with E-state index in [-0.39, 0.29) is 19.0 Å². The molecule has 0 fully saturated rings. The number of ether oxygens (including phenoxy) is 1. The topological polar surface area (TPSA) is 122 Å². The van der Waals surface area contributed by atoms with Gasteiger partial charge in [-0.3, -0.25) is 15.1 Å². The van der Waals surface area contributed by atoms with Crippen LogP contribution in [0.2, 0.25) is 5.02 Å². The second-order valence-electron chi connectivity index (χ2n) is 7.65. The highest BCUT2D eigenvalue weighted by Crippen LogP contribution is 2.33. The molecule has 8 nitrogen and oxygen atoms in total. The molecule has 1 unspecified atom stereocenters. The fourth-order valence-corrected chi connectivity index (χ4v) is 3.60. The first kappa shape index (κ1) is 25.3. The van der Waals surface area contributed by atoms with Crippen LogP contribution in [0, 0.1) is 0 Å². The third-order valence-electron chi connectivity index (χ3n) is 5.01. The number of rotatable bonds is 10. The van der Waals surface area contributed by atoms with Gasteiger partial charge >= 0.3 is 0 Å². The summed E-state index contributed by atoms with van der Waals surface area (Å²) in [6.07, 6.45) is -0.116. The number of amides is 1. The van der Waals surface area contributed by atoms with E-state index in [1.165, 1.54) is 0 Å². The molecule has 2 aromatic carbocycles. The molecular formula is C25H29ClN4O4. The molecule has 0 aliphatic carbocycles. The Balaban J connectivity index is 1.91. The lowest BCUT2D eigenvalue weighted by molar-refractivity contribution is -0.120. The lowest BCUT2D eigenvalue weighted by atomic mass is 10.1. The number of aliphatic hydroxyl groups is 2. The van der Waals surface area contributed by atoms with Crippen LogP contribution in [-0.4, -0.2) is 52.5 Å². The highest BCUT2D eigenvalue weighted by atomic mass is 35.5. The number of nitrogens with two attached hydrogens (primary N) is 1. The summed E-state index contributed by atoms with van der Waals surface area (Å²) in [6.45, 7) is 2.09. The molecular weight excluding hydrogens is 456 g/mol. The van der Waals surface area contributed by atoms with Crippen LogP contribution in [0.5, 0.6) is 5.75 Å². The largest absolute Gasteiger partial charge is 0.494 e. The lowest BCUT2D eigenvalue weighted by Gasteiger charge is -2.15. The fraction of sp³-hybridized carbons (Fsp3) is 0.280. The molecule has 34 heavy (non-hydrogen) atoms. The normalized spacial score (nSPS) is 12.4. The minimum Gasteiger partial charge on any atom is -0.494 e. The SMILES string of the molecule is CCCOc1ccc(-c2ccc(-c3ccccc3Cl)n2CC(=O)NC(N)=NCC(O)CO)cc1. The molecule has 0 aliphatic rings. The Kier molecular flexibility index (Phi) is 9.09. The van der Waals surface area contributed by atoms with E-state index in [1.54, 1.807) is 6.07 Å². The van der Waals surface area contributed by atoms with E-state index in [0.717, 1.165) is 34.7 Å². The number of aromatic nitrogens is 1. The summed E-state index contributed by atoms with van der Waals surface area (Å²) in [6, 6.07) is 18.9. The minimum atomic E-state index is -1.04. The summed E-state index contributed by atoms with van der Waals surface area (Å²) in [5.41, 5.74) is 9.05. The third-order valence-corrected chi connectivity index (χ3v) is 5.34. The van der Waals surface area contributed by atoms with Crippen molar-refractivity contribution >= 4 is 23.5 Å². The molecule has 180 valence electrons. The highest BCUT2D eigenvalue weighted by molar-refractivity contribution is 6.33. The highest BCUT2D eigenvalue weighted by Gasteiger charge is 2.17. The molecule has 1 amide bonds. The van der Waals surface area contributed by atoms with Gasteiger partial charge in [0.25, 0.3) is 0 Å². The maximum Gasteiger partial charge on any atom is 0.246 e. The molecule has 0 bridgehead atoms. The van der Waals surface area contributed by atoms with Gasteiger partial charge in [0, 0.05) is 16.3 Å². The number of nitrogens with zero attached hydrogens (tertiary/aromatic N) is 2. The van der Waals surface area contributed by atoms with Crippen LogP contribution < -0.4 is 15.8 Å². The van der Waals surface area contributed by atoms with Crippen molar-refractivity contribution in [3.8, 4) is 28.3 Å². The quantitative estimate of drug-likeness (QED) is 0.260. The number of nitrogens with one attached hydrogen (secondary N) is 1.